The lowest BCUT2D eigenvalue weighted by Crippen LogP contribution is -2.38. The minimum atomic E-state index is -0.987. The molecule has 96 valence electrons. The molecular weight excluding hydrogens is 216 g/mol. The third-order valence-corrected chi connectivity index (χ3v) is 3.00. The van der Waals surface area contributed by atoms with Gasteiger partial charge in [-0.25, -0.2) is 0 Å². The molecule has 0 N–H and O–H groups in total. The average Bonchev–Trinajstić information content (AvgIpc) is 2.37. The van der Waals surface area contributed by atoms with Gasteiger partial charge in [0.2, 0.25) is 0 Å². The molecule has 0 spiro atoms. The molecule has 0 amide bonds. The lowest BCUT2D eigenvalue weighted by atomic mass is 10.0. The van der Waals surface area contributed by atoms with E-state index in [-0.39, 0.29) is 0 Å². The second-order valence-electron chi connectivity index (χ2n) is 4.37. The first-order valence-electron chi connectivity index (χ1n) is 5.81. The Balaban J connectivity index is 2.80. The van der Waals surface area contributed by atoms with Gasteiger partial charge < -0.3 is 14.2 Å². The maximum absolute atomic E-state index is 5.27. The SMILES string of the molecule is COC(Cc1ccc(C(C)C)cc1)(OC)OC. The van der Waals surface area contributed by atoms with Gasteiger partial charge in [-0.3, -0.25) is 0 Å². The summed E-state index contributed by atoms with van der Waals surface area (Å²) < 4.78 is 15.8. The monoisotopic (exact) mass is 238 g/mol. The Labute approximate surface area is 104 Å². The third-order valence-electron chi connectivity index (χ3n) is 3.00. The van der Waals surface area contributed by atoms with Crippen molar-refractivity contribution in [3.05, 3.63) is 35.4 Å². The molecule has 0 aliphatic heterocycles. The van der Waals surface area contributed by atoms with E-state index in [2.05, 4.69) is 38.1 Å². The first-order chi connectivity index (χ1) is 8.06. The predicted octanol–water partition coefficient (Wildman–Crippen LogP) is 2.95. The van der Waals surface area contributed by atoms with E-state index in [1.165, 1.54) is 5.56 Å². The van der Waals surface area contributed by atoms with Crippen LogP contribution < -0.4 is 0 Å². The Morgan fingerprint density at radius 3 is 1.76 bits per heavy atom. The van der Waals surface area contributed by atoms with Crippen molar-refractivity contribution in [3.8, 4) is 0 Å². The fraction of sp³-hybridized carbons (Fsp3) is 0.571. The van der Waals surface area contributed by atoms with Crippen LogP contribution in [0.2, 0.25) is 0 Å². The molecule has 0 unspecified atom stereocenters. The van der Waals surface area contributed by atoms with E-state index >= 15 is 0 Å². The number of ether oxygens (including phenoxy) is 3. The fourth-order valence-corrected chi connectivity index (χ4v) is 1.74. The van der Waals surface area contributed by atoms with Gasteiger partial charge in [-0.2, -0.15) is 0 Å². The van der Waals surface area contributed by atoms with Gasteiger partial charge in [-0.1, -0.05) is 38.1 Å². The van der Waals surface area contributed by atoms with Crippen LogP contribution in [0.1, 0.15) is 30.9 Å². The molecule has 0 aliphatic carbocycles. The van der Waals surface area contributed by atoms with Crippen LogP contribution in [0, 0.1) is 0 Å². The van der Waals surface area contributed by atoms with E-state index < -0.39 is 5.97 Å². The summed E-state index contributed by atoms with van der Waals surface area (Å²) in [6, 6.07) is 8.43. The molecule has 0 aromatic heterocycles. The molecular formula is C14H22O3. The Kier molecular flexibility index (Phi) is 5.12. The van der Waals surface area contributed by atoms with Gasteiger partial charge in [-0.05, 0) is 17.0 Å². The summed E-state index contributed by atoms with van der Waals surface area (Å²) in [5, 5.41) is 0. The summed E-state index contributed by atoms with van der Waals surface area (Å²) in [6.45, 7) is 4.36. The smallest absolute Gasteiger partial charge is 0.286 e. The van der Waals surface area contributed by atoms with Gasteiger partial charge >= 0.3 is 0 Å². The molecule has 0 bridgehead atoms. The highest BCUT2D eigenvalue weighted by molar-refractivity contribution is 5.25. The van der Waals surface area contributed by atoms with E-state index in [0.29, 0.717) is 12.3 Å². The molecule has 0 saturated carbocycles. The van der Waals surface area contributed by atoms with Crippen molar-refractivity contribution in [1.82, 2.24) is 0 Å². The second-order valence-corrected chi connectivity index (χ2v) is 4.37. The van der Waals surface area contributed by atoms with Crippen molar-refractivity contribution in [2.45, 2.75) is 32.2 Å². The molecule has 0 fully saturated rings. The van der Waals surface area contributed by atoms with Crippen molar-refractivity contribution < 1.29 is 14.2 Å². The van der Waals surface area contributed by atoms with Gasteiger partial charge in [0.25, 0.3) is 5.97 Å². The summed E-state index contributed by atoms with van der Waals surface area (Å²) in [4.78, 5) is 0. The van der Waals surface area contributed by atoms with Crippen LogP contribution in [0.15, 0.2) is 24.3 Å². The molecule has 0 heterocycles. The summed E-state index contributed by atoms with van der Waals surface area (Å²) in [7, 11) is 4.74. The minimum absolute atomic E-state index is 0.543. The summed E-state index contributed by atoms with van der Waals surface area (Å²) in [6.07, 6.45) is 0.564. The number of rotatable bonds is 6. The first kappa shape index (κ1) is 14.2. The average molecular weight is 238 g/mol. The maximum Gasteiger partial charge on any atom is 0.286 e. The van der Waals surface area contributed by atoms with Crippen molar-refractivity contribution in [3.63, 3.8) is 0 Å². The lowest BCUT2D eigenvalue weighted by molar-refractivity contribution is -0.350. The van der Waals surface area contributed by atoms with E-state index in [1.807, 2.05) is 0 Å². The predicted molar refractivity (Wildman–Crippen MR) is 68.0 cm³/mol. The number of hydrogen-bond acceptors (Lipinski definition) is 3. The molecule has 1 rings (SSSR count). The zero-order chi connectivity index (χ0) is 12.9. The van der Waals surface area contributed by atoms with E-state index in [4.69, 9.17) is 14.2 Å². The van der Waals surface area contributed by atoms with Crippen molar-refractivity contribution in [1.29, 1.82) is 0 Å². The summed E-state index contributed by atoms with van der Waals surface area (Å²) >= 11 is 0. The Morgan fingerprint density at radius 1 is 0.941 bits per heavy atom. The molecule has 0 saturated heterocycles. The van der Waals surface area contributed by atoms with Gasteiger partial charge in [0.1, 0.15) is 0 Å². The molecule has 3 heteroatoms. The quantitative estimate of drug-likeness (QED) is 0.713. The van der Waals surface area contributed by atoms with Crippen LogP contribution in [0.3, 0.4) is 0 Å². The molecule has 17 heavy (non-hydrogen) atoms. The van der Waals surface area contributed by atoms with Crippen LogP contribution in [0.4, 0.5) is 0 Å². The van der Waals surface area contributed by atoms with Gasteiger partial charge in [-0.15, -0.1) is 0 Å². The van der Waals surface area contributed by atoms with Gasteiger partial charge in [0, 0.05) is 21.3 Å². The standard InChI is InChI=1S/C14H22O3/c1-11(2)13-8-6-12(7-9-13)10-14(15-3,16-4)17-5/h6-9,11H,10H2,1-5H3. The highest BCUT2D eigenvalue weighted by Gasteiger charge is 2.29. The van der Waals surface area contributed by atoms with E-state index in [1.54, 1.807) is 21.3 Å². The molecule has 0 aliphatic rings. The zero-order valence-electron chi connectivity index (χ0n) is 11.3. The van der Waals surface area contributed by atoms with Crippen LogP contribution >= 0.6 is 0 Å². The van der Waals surface area contributed by atoms with Crippen LogP contribution in [0.5, 0.6) is 0 Å². The third kappa shape index (κ3) is 3.53. The first-order valence-corrected chi connectivity index (χ1v) is 5.81. The number of methoxy groups -OCH3 is 3. The van der Waals surface area contributed by atoms with E-state index in [0.717, 1.165) is 5.56 Å². The van der Waals surface area contributed by atoms with Crippen LogP contribution in [0.25, 0.3) is 0 Å². The summed E-state index contributed by atoms with van der Waals surface area (Å²) in [5.41, 5.74) is 2.45. The second kappa shape index (κ2) is 6.15. The zero-order valence-corrected chi connectivity index (χ0v) is 11.3. The minimum Gasteiger partial charge on any atom is -0.331 e. The molecule has 1 aromatic rings. The Bertz CT molecular complexity index is 318. The molecule has 0 radical (unpaired) electrons. The Morgan fingerprint density at radius 2 is 1.41 bits per heavy atom. The highest BCUT2D eigenvalue weighted by atomic mass is 16.9. The molecule has 3 nitrogen and oxygen atoms in total. The number of hydrogen-bond donors (Lipinski definition) is 0. The van der Waals surface area contributed by atoms with Crippen molar-refractivity contribution >= 4 is 0 Å². The van der Waals surface area contributed by atoms with E-state index in [9.17, 15) is 0 Å². The van der Waals surface area contributed by atoms with Gasteiger partial charge in [0.15, 0.2) is 0 Å². The van der Waals surface area contributed by atoms with Gasteiger partial charge in [0.05, 0.1) is 6.42 Å². The highest BCUT2D eigenvalue weighted by Crippen LogP contribution is 2.21. The largest absolute Gasteiger partial charge is 0.331 e. The van der Waals surface area contributed by atoms with Crippen LogP contribution in [-0.4, -0.2) is 27.3 Å². The molecule has 1 aromatic carbocycles. The maximum atomic E-state index is 5.27. The van der Waals surface area contributed by atoms with Crippen molar-refractivity contribution in [2.24, 2.45) is 0 Å². The topological polar surface area (TPSA) is 27.7 Å². The number of benzene rings is 1. The normalized spacial score (nSPS) is 12.1. The Hall–Kier alpha value is -0.900. The fourth-order valence-electron chi connectivity index (χ4n) is 1.74. The van der Waals surface area contributed by atoms with Crippen LogP contribution in [-0.2, 0) is 20.6 Å². The summed E-state index contributed by atoms with van der Waals surface area (Å²) in [5.74, 6) is -0.444. The van der Waals surface area contributed by atoms with Crippen molar-refractivity contribution in [2.75, 3.05) is 21.3 Å². The lowest BCUT2D eigenvalue weighted by Gasteiger charge is -2.28. The molecule has 0 atom stereocenters.